The monoisotopic (exact) mass is 515 g/mol. The molecule has 0 aliphatic heterocycles. The Morgan fingerprint density at radius 2 is 1.71 bits per heavy atom. The number of hydrogen-bond acceptors (Lipinski definition) is 7. The zero-order valence-corrected chi connectivity index (χ0v) is 21.8. The lowest BCUT2D eigenvalue weighted by atomic mass is 10.1. The lowest BCUT2D eigenvalue weighted by molar-refractivity contribution is 0.313. The van der Waals surface area contributed by atoms with Gasteiger partial charge < -0.3 is 15.4 Å². The van der Waals surface area contributed by atoms with Crippen molar-refractivity contribution in [2.75, 3.05) is 22.0 Å². The van der Waals surface area contributed by atoms with Crippen molar-refractivity contribution in [2.24, 2.45) is 0 Å². The Hall–Kier alpha value is -3.04. The molecule has 1 heterocycles. The van der Waals surface area contributed by atoms with Crippen molar-refractivity contribution in [2.45, 2.75) is 52.2 Å². The van der Waals surface area contributed by atoms with Gasteiger partial charge in [0.05, 0.1) is 18.1 Å². The van der Waals surface area contributed by atoms with Gasteiger partial charge in [0.15, 0.2) is 5.82 Å². The number of rotatable bonds is 10. The van der Waals surface area contributed by atoms with E-state index in [0.717, 1.165) is 40.2 Å². The molecule has 10 heteroatoms. The van der Waals surface area contributed by atoms with Crippen LogP contribution in [0.5, 0.6) is 5.75 Å². The van der Waals surface area contributed by atoms with E-state index < -0.39 is 10.0 Å². The van der Waals surface area contributed by atoms with Crippen molar-refractivity contribution in [3.63, 3.8) is 0 Å². The molecular weight excluding hydrogens is 486 g/mol. The summed E-state index contributed by atoms with van der Waals surface area (Å²) in [6, 6.07) is 9.29. The topological polar surface area (TPSA) is 105 Å². The maximum atomic E-state index is 12.2. The summed E-state index contributed by atoms with van der Waals surface area (Å²) in [7, 11) is -3.31. The summed E-state index contributed by atoms with van der Waals surface area (Å²) in [5.74, 6) is 1.73. The standard InChI is InChI=1S/C25H30ClN5O3S/c1-5-10-34-23-16(3)12-19(13-17(23)4)28-25-27-14-21(26)24(30-25)29-22-9-6-18(11-15(22)2)31-35(32,33)20-7-8-20/h6,9,11-14,20,31H,5,7-8,10H2,1-4H3,(H2,27,28,29,30). The molecule has 2 aromatic carbocycles. The van der Waals surface area contributed by atoms with E-state index in [9.17, 15) is 8.42 Å². The van der Waals surface area contributed by atoms with Crippen LogP contribution in [0.1, 0.15) is 42.9 Å². The Balaban J connectivity index is 1.50. The van der Waals surface area contributed by atoms with Gasteiger partial charge in [0.1, 0.15) is 10.8 Å². The van der Waals surface area contributed by atoms with Gasteiger partial charge in [0.25, 0.3) is 0 Å². The average molecular weight is 516 g/mol. The quantitative estimate of drug-likeness (QED) is 0.293. The molecule has 4 rings (SSSR count). The summed E-state index contributed by atoms with van der Waals surface area (Å²) in [4.78, 5) is 8.84. The van der Waals surface area contributed by atoms with Gasteiger partial charge in [-0.15, -0.1) is 0 Å². The van der Waals surface area contributed by atoms with Gasteiger partial charge in [0, 0.05) is 17.1 Å². The minimum atomic E-state index is -3.31. The van der Waals surface area contributed by atoms with Crippen molar-refractivity contribution < 1.29 is 13.2 Å². The SMILES string of the molecule is CCCOc1c(C)cc(Nc2ncc(Cl)c(Nc3ccc(NS(=O)(=O)C4CC4)cc3C)n2)cc1C. The molecule has 1 aromatic heterocycles. The molecule has 0 saturated heterocycles. The summed E-state index contributed by atoms with van der Waals surface area (Å²) in [5, 5.41) is 6.55. The Morgan fingerprint density at radius 3 is 2.34 bits per heavy atom. The minimum Gasteiger partial charge on any atom is -0.493 e. The van der Waals surface area contributed by atoms with Gasteiger partial charge >= 0.3 is 0 Å². The van der Waals surface area contributed by atoms with E-state index in [-0.39, 0.29) is 5.25 Å². The third-order valence-electron chi connectivity index (χ3n) is 5.61. The first-order valence-electron chi connectivity index (χ1n) is 11.6. The normalized spacial score (nSPS) is 13.4. The van der Waals surface area contributed by atoms with Crippen molar-refractivity contribution in [1.82, 2.24) is 9.97 Å². The highest BCUT2D eigenvalue weighted by atomic mass is 35.5. The first kappa shape index (κ1) is 25.1. The van der Waals surface area contributed by atoms with Gasteiger partial charge in [-0.05, 0) is 87.1 Å². The van der Waals surface area contributed by atoms with Crippen LogP contribution in [0.3, 0.4) is 0 Å². The number of halogens is 1. The number of hydrogen-bond donors (Lipinski definition) is 3. The second-order valence-corrected chi connectivity index (χ2v) is 11.2. The maximum absolute atomic E-state index is 12.2. The second-order valence-electron chi connectivity index (χ2n) is 8.80. The second kappa shape index (κ2) is 10.3. The molecule has 0 amide bonds. The number of nitrogens with zero attached hydrogens (tertiary/aromatic N) is 2. The Labute approximate surface area is 211 Å². The molecule has 0 radical (unpaired) electrons. The first-order chi connectivity index (χ1) is 16.7. The Bertz CT molecular complexity index is 1320. The Kier molecular flexibility index (Phi) is 7.37. The van der Waals surface area contributed by atoms with Crippen LogP contribution in [-0.2, 0) is 10.0 Å². The molecule has 0 bridgehead atoms. The molecular formula is C25H30ClN5O3S. The first-order valence-corrected chi connectivity index (χ1v) is 13.5. The number of nitrogens with one attached hydrogen (secondary N) is 3. The molecule has 8 nitrogen and oxygen atoms in total. The number of aryl methyl sites for hydroxylation is 3. The lowest BCUT2D eigenvalue weighted by Crippen LogP contribution is -2.17. The van der Waals surface area contributed by atoms with Crippen molar-refractivity contribution in [3.05, 3.63) is 58.2 Å². The van der Waals surface area contributed by atoms with Crippen LogP contribution in [0, 0.1) is 20.8 Å². The molecule has 1 fully saturated rings. The summed E-state index contributed by atoms with van der Waals surface area (Å²) >= 11 is 6.36. The predicted octanol–water partition coefficient (Wildman–Crippen LogP) is 6.24. The third kappa shape index (κ3) is 6.15. The fourth-order valence-electron chi connectivity index (χ4n) is 3.72. The van der Waals surface area contributed by atoms with Crippen LogP contribution < -0.4 is 20.1 Å². The summed E-state index contributed by atoms with van der Waals surface area (Å²) in [6.45, 7) is 8.67. The number of aromatic nitrogens is 2. The van der Waals surface area contributed by atoms with E-state index in [1.54, 1.807) is 18.2 Å². The lowest BCUT2D eigenvalue weighted by Gasteiger charge is -2.15. The van der Waals surface area contributed by atoms with E-state index in [2.05, 4.69) is 32.2 Å². The molecule has 3 N–H and O–H groups in total. The van der Waals surface area contributed by atoms with Crippen molar-refractivity contribution >= 4 is 50.5 Å². The van der Waals surface area contributed by atoms with Crippen LogP contribution in [0.25, 0.3) is 0 Å². The molecule has 3 aromatic rings. The van der Waals surface area contributed by atoms with E-state index in [1.165, 1.54) is 6.20 Å². The zero-order chi connectivity index (χ0) is 25.2. The molecule has 186 valence electrons. The summed E-state index contributed by atoms with van der Waals surface area (Å²) in [6.07, 6.45) is 3.91. The summed E-state index contributed by atoms with van der Waals surface area (Å²) in [5.41, 5.74) is 5.05. The van der Waals surface area contributed by atoms with E-state index >= 15 is 0 Å². The number of ether oxygens (including phenoxy) is 1. The molecule has 0 unspecified atom stereocenters. The largest absolute Gasteiger partial charge is 0.493 e. The Morgan fingerprint density at radius 1 is 1.03 bits per heavy atom. The van der Waals surface area contributed by atoms with E-state index in [0.29, 0.717) is 41.9 Å². The summed E-state index contributed by atoms with van der Waals surface area (Å²) < 4.78 is 32.9. The third-order valence-corrected chi connectivity index (χ3v) is 7.76. The minimum absolute atomic E-state index is 0.279. The fraction of sp³-hybridized carbons (Fsp3) is 0.360. The number of sulfonamides is 1. The van der Waals surface area contributed by atoms with E-state index in [1.807, 2.05) is 32.9 Å². The number of anilines is 5. The van der Waals surface area contributed by atoms with Gasteiger partial charge in [0.2, 0.25) is 16.0 Å². The molecule has 0 atom stereocenters. The van der Waals surface area contributed by atoms with Gasteiger partial charge in [-0.2, -0.15) is 4.98 Å². The molecule has 1 aliphatic rings. The van der Waals surface area contributed by atoms with Crippen LogP contribution in [0.15, 0.2) is 36.5 Å². The van der Waals surface area contributed by atoms with Crippen LogP contribution >= 0.6 is 11.6 Å². The average Bonchev–Trinajstić information content (AvgIpc) is 3.63. The predicted molar refractivity (Wildman–Crippen MR) is 142 cm³/mol. The maximum Gasteiger partial charge on any atom is 0.235 e. The molecule has 1 saturated carbocycles. The molecule has 35 heavy (non-hydrogen) atoms. The highest BCUT2D eigenvalue weighted by Crippen LogP contribution is 2.32. The molecule has 0 spiro atoms. The zero-order valence-electron chi connectivity index (χ0n) is 20.3. The van der Waals surface area contributed by atoms with Crippen LogP contribution in [-0.4, -0.2) is 30.2 Å². The van der Waals surface area contributed by atoms with Crippen LogP contribution in [0.2, 0.25) is 5.02 Å². The van der Waals surface area contributed by atoms with Gasteiger partial charge in [-0.1, -0.05) is 18.5 Å². The van der Waals surface area contributed by atoms with Crippen molar-refractivity contribution in [3.8, 4) is 5.75 Å². The van der Waals surface area contributed by atoms with Gasteiger partial charge in [-0.25, -0.2) is 13.4 Å². The fourth-order valence-corrected chi connectivity index (χ4v) is 5.24. The van der Waals surface area contributed by atoms with E-state index in [4.69, 9.17) is 16.3 Å². The smallest absolute Gasteiger partial charge is 0.235 e. The van der Waals surface area contributed by atoms with Gasteiger partial charge in [-0.3, -0.25) is 4.72 Å². The van der Waals surface area contributed by atoms with Crippen molar-refractivity contribution in [1.29, 1.82) is 0 Å². The number of benzene rings is 2. The highest BCUT2D eigenvalue weighted by Gasteiger charge is 2.35. The van der Waals surface area contributed by atoms with Crippen LogP contribution in [0.4, 0.5) is 28.8 Å². The highest BCUT2D eigenvalue weighted by molar-refractivity contribution is 7.93. The molecule has 1 aliphatic carbocycles.